The fourth-order valence-electron chi connectivity index (χ4n) is 2.78. The molecule has 0 unspecified atom stereocenters. The minimum atomic E-state index is -1.31. The number of rotatable bonds is 11. The van der Waals surface area contributed by atoms with Crippen LogP contribution in [0, 0.1) is 0 Å². The second-order valence-electron chi connectivity index (χ2n) is 6.60. The summed E-state index contributed by atoms with van der Waals surface area (Å²) >= 11 is 1.30. The molecule has 0 aromatic rings. The van der Waals surface area contributed by atoms with E-state index in [2.05, 4.69) is 16.0 Å². The van der Waals surface area contributed by atoms with Crippen molar-refractivity contribution in [2.24, 2.45) is 0 Å². The smallest absolute Gasteiger partial charge is 0.244 e. The van der Waals surface area contributed by atoms with Gasteiger partial charge in [0.05, 0.1) is 19.3 Å². The van der Waals surface area contributed by atoms with E-state index in [4.69, 9.17) is 9.47 Å². The highest BCUT2D eigenvalue weighted by molar-refractivity contribution is 7.99. The molecule has 12 heteroatoms. The first-order valence-electron chi connectivity index (χ1n) is 9.28. The van der Waals surface area contributed by atoms with Crippen molar-refractivity contribution >= 4 is 29.5 Å². The molecule has 0 aromatic carbocycles. The molecule has 11 nitrogen and oxygen atoms in total. The fraction of sp³-hybridized carbons (Fsp3) is 0.824. The summed E-state index contributed by atoms with van der Waals surface area (Å²) in [4.78, 5) is 34.2. The van der Waals surface area contributed by atoms with Crippen LogP contribution in [0.25, 0.3) is 0 Å². The van der Waals surface area contributed by atoms with Crippen LogP contribution in [0.2, 0.25) is 0 Å². The standard InChI is InChI=1S/C17H31N3O8S/c1-9(22)19-11(16(26)18-3)8-27-5-4-6-29-17-13(20-10(2)23)15(25)14(24)12(7-21)28-17/h11-15,17,21,24-25H,4-8H2,1-3H3,(H,18,26)(H,19,22)(H,20,23)/t11-,12+,13+,14-,15+,17+/m0/s1. The summed E-state index contributed by atoms with van der Waals surface area (Å²) in [5, 5.41) is 37.1. The maximum atomic E-state index is 11.7. The van der Waals surface area contributed by atoms with E-state index in [9.17, 15) is 29.7 Å². The number of amides is 3. The maximum Gasteiger partial charge on any atom is 0.244 e. The van der Waals surface area contributed by atoms with Gasteiger partial charge < -0.3 is 40.7 Å². The van der Waals surface area contributed by atoms with Crippen LogP contribution in [-0.2, 0) is 23.9 Å². The molecule has 0 aromatic heterocycles. The van der Waals surface area contributed by atoms with Crippen LogP contribution >= 0.6 is 11.8 Å². The van der Waals surface area contributed by atoms with Gasteiger partial charge in [-0.2, -0.15) is 0 Å². The number of thioether (sulfide) groups is 1. The zero-order chi connectivity index (χ0) is 22.0. The molecule has 0 spiro atoms. The SMILES string of the molecule is CNC(=O)[C@H](COCCCS[C@H]1O[C@H](CO)[C@H](O)[C@H](O)[C@H]1NC(C)=O)NC(C)=O. The highest BCUT2D eigenvalue weighted by atomic mass is 32.2. The predicted octanol–water partition coefficient (Wildman–Crippen LogP) is -2.68. The van der Waals surface area contributed by atoms with Gasteiger partial charge in [0.2, 0.25) is 17.7 Å². The first kappa shape index (κ1) is 25.6. The Bertz CT molecular complexity index is 553. The summed E-state index contributed by atoms with van der Waals surface area (Å²) < 4.78 is 11.1. The molecule has 1 saturated heterocycles. The van der Waals surface area contributed by atoms with E-state index in [1.54, 1.807) is 0 Å². The number of nitrogens with one attached hydrogen (secondary N) is 3. The Hall–Kier alpha value is -1.44. The summed E-state index contributed by atoms with van der Waals surface area (Å²) in [6.07, 6.45) is -2.97. The Kier molecular flexibility index (Phi) is 11.5. The minimum absolute atomic E-state index is 0.0237. The molecule has 1 rings (SSSR count). The molecule has 1 fully saturated rings. The Balaban J connectivity index is 2.46. The Morgan fingerprint density at radius 3 is 2.41 bits per heavy atom. The first-order valence-corrected chi connectivity index (χ1v) is 10.3. The Morgan fingerprint density at radius 1 is 1.17 bits per heavy atom. The zero-order valence-corrected chi connectivity index (χ0v) is 17.6. The third kappa shape index (κ3) is 8.44. The molecule has 1 heterocycles. The summed E-state index contributed by atoms with van der Waals surface area (Å²) in [5.41, 5.74) is -0.660. The van der Waals surface area contributed by atoms with Crippen LogP contribution in [0.15, 0.2) is 0 Å². The lowest BCUT2D eigenvalue weighted by molar-refractivity contribution is -0.173. The number of ether oxygens (including phenoxy) is 2. The van der Waals surface area contributed by atoms with E-state index >= 15 is 0 Å². The molecule has 0 aliphatic carbocycles. The molecular weight excluding hydrogens is 406 g/mol. The van der Waals surface area contributed by atoms with Gasteiger partial charge in [0.15, 0.2) is 0 Å². The molecule has 1 aliphatic heterocycles. The minimum Gasteiger partial charge on any atom is -0.394 e. The van der Waals surface area contributed by atoms with Crippen LogP contribution in [0.1, 0.15) is 20.3 Å². The van der Waals surface area contributed by atoms with Crippen molar-refractivity contribution in [3.8, 4) is 0 Å². The summed E-state index contributed by atoms with van der Waals surface area (Å²) in [7, 11) is 1.47. The number of hydrogen-bond donors (Lipinski definition) is 6. The summed E-state index contributed by atoms with van der Waals surface area (Å²) in [5.74, 6) is -0.535. The van der Waals surface area contributed by atoms with Gasteiger partial charge in [0.25, 0.3) is 0 Å². The third-order valence-corrected chi connectivity index (χ3v) is 5.45. The van der Waals surface area contributed by atoms with E-state index in [1.807, 2.05) is 0 Å². The van der Waals surface area contributed by atoms with Gasteiger partial charge in [-0.3, -0.25) is 14.4 Å². The van der Waals surface area contributed by atoms with Crippen molar-refractivity contribution in [2.45, 2.75) is 56.1 Å². The number of carbonyl (C=O) groups excluding carboxylic acids is 3. The van der Waals surface area contributed by atoms with Crippen LogP contribution in [-0.4, -0.2) is 101 Å². The van der Waals surface area contributed by atoms with Crippen molar-refractivity contribution in [3.63, 3.8) is 0 Å². The quantitative estimate of drug-likeness (QED) is 0.189. The van der Waals surface area contributed by atoms with Crippen molar-refractivity contribution in [2.75, 3.05) is 32.6 Å². The predicted molar refractivity (Wildman–Crippen MR) is 105 cm³/mol. The normalized spacial score (nSPS) is 27.7. The van der Waals surface area contributed by atoms with Crippen LogP contribution < -0.4 is 16.0 Å². The van der Waals surface area contributed by atoms with Crippen molar-refractivity contribution in [3.05, 3.63) is 0 Å². The van der Waals surface area contributed by atoms with Crippen molar-refractivity contribution < 1.29 is 39.2 Å². The second-order valence-corrected chi connectivity index (χ2v) is 7.81. The third-order valence-electron chi connectivity index (χ3n) is 4.19. The van der Waals surface area contributed by atoms with Crippen LogP contribution in [0.3, 0.4) is 0 Å². The monoisotopic (exact) mass is 437 g/mol. The topological polar surface area (TPSA) is 166 Å². The number of likely N-dealkylation sites (N-methyl/N-ethyl adjacent to an activating group) is 1. The van der Waals surface area contributed by atoms with Gasteiger partial charge in [-0.05, 0) is 12.2 Å². The van der Waals surface area contributed by atoms with Gasteiger partial charge in [0.1, 0.15) is 29.8 Å². The van der Waals surface area contributed by atoms with Crippen LogP contribution in [0.5, 0.6) is 0 Å². The van der Waals surface area contributed by atoms with E-state index in [0.717, 1.165) is 0 Å². The van der Waals surface area contributed by atoms with Crippen LogP contribution in [0.4, 0.5) is 0 Å². The number of hydrogen-bond acceptors (Lipinski definition) is 9. The van der Waals surface area contributed by atoms with E-state index in [0.29, 0.717) is 18.8 Å². The molecule has 1 aliphatic rings. The summed E-state index contributed by atoms with van der Waals surface area (Å²) in [6, 6.07) is -1.61. The largest absolute Gasteiger partial charge is 0.394 e. The molecule has 168 valence electrons. The molecule has 29 heavy (non-hydrogen) atoms. The fourth-order valence-corrected chi connectivity index (χ4v) is 3.95. The maximum absolute atomic E-state index is 11.7. The first-order chi connectivity index (χ1) is 13.7. The number of carbonyl (C=O) groups is 3. The van der Waals surface area contributed by atoms with Gasteiger partial charge >= 0.3 is 0 Å². The molecule has 0 bridgehead atoms. The van der Waals surface area contributed by atoms with Crippen molar-refractivity contribution in [1.82, 2.24) is 16.0 Å². The van der Waals surface area contributed by atoms with Crippen molar-refractivity contribution in [1.29, 1.82) is 0 Å². The Labute approximate surface area is 173 Å². The average molecular weight is 438 g/mol. The highest BCUT2D eigenvalue weighted by Crippen LogP contribution is 2.29. The van der Waals surface area contributed by atoms with E-state index in [-0.39, 0.29) is 24.3 Å². The van der Waals surface area contributed by atoms with Gasteiger partial charge in [0, 0.05) is 27.5 Å². The second kappa shape index (κ2) is 13.0. The molecule has 3 amide bonds. The molecule has 0 saturated carbocycles. The zero-order valence-electron chi connectivity index (χ0n) is 16.8. The molecule has 6 atom stereocenters. The lowest BCUT2D eigenvalue weighted by Crippen LogP contribution is -2.63. The molecule has 0 radical (unpaired) electrons. The van der Waals surface area contributed by atoms with Gasteiger partial charge in [-0.25, -0.2) is 0 Å². The molecule has 6 N–H and O–H groups in total. The van der Waals surface area contributed by atoms with Gasteiger partial charge in [-0.1, -0.05) is 0 Å². The average Bonchev–Trinajstić information content (AvgIpc) is 2.67. The number of aliphatic hydroxyl groups is 3. The Morgan fingerprint density at radius 2 is 1.86 bits per heavy atom. The molecular formula is C17H31N3O8S. The number of aliphatic hydroxyl groups excluding tert-OH is 3. The van der Waals surface area contributed by atoms with E-state index < -0.39 is 42.4 Å². The van der Waals surface area contributed by atoms with E-state index in [1.165, 1.54) is 32.7 Å². The lowest BCUT2D eigenvalue weighted by atomic mass is 9.98. The lowest BCUT2D eigenvalue weighted by Gasteiger charge is -2.42. The highest BCUT2D eigenvalue weighted by Gasteiger charge is 2.44. The summed E-state index contributed by atoms with van der Waals surface area (Å²) in [6.45, 7) is 2.48. The van der Waals surface area contributed by atoms with Gasteiger partial charge in [-0.15, -0.1) is 11.8 Å².